The summed E-state index contributed by atoms with van der Waals surface area (Å²) in [7, 11) is 0. The molecule has 0 aliphatic carbocycles. The van der Waals surface area contributed by atoms with E-state index >= 15 is 0 Å². The third-order valence-electron chi connectivity index (χ3n) is 3.00. The summed E-state index contributed by atoms with van der Waals surface area (Å²) in [4.78, 5) is 40.9. The molecular formula is C16H16N4O3. The minimum absolute atomic E-state index is 0.231. The monoisotopic (exact) mass is 312 g/mol. The van der Waals surface area contributed by atoms with Crippen molar-refractivity contribution in [2.75, 3.05) is 16.0 Å². The van der Waals surface area contributed by atoms with Crippen LogP contribution in [0.5, 0.6) is 0 Å². The number of amides is 3. The number of rotatable bonds is 2. The molecule has 1 aromatic heterocycles. The highest BCUT2D eigenvalue weighted by atomic mass is 16.2. The summed E-state index contributed by atoms with van der Waals surface area (Å²) < 4.78 is 0. The number of carbonyl (C=O) groups is 3. The van der Waals surface area contributed by atoms with Crippen LogP contribution in [0.1, 0.15) is 12.5 Å². The van der Waals surface area contributed by atoms with Crippen molar-refractivity contribution in [3.05, 3.63) is 48.2 Å². The first-order valence-electron chi connectivity index (χ1n) is 6.82. The van der Waals surface area contributed by atoms with Crippen molar-refractivity contribution >= 4 is 34.9 Å². The zero-order valence-corrected chi connectivity index (χ0v) is 12.7. The molecule has 0 bridgehead atoms. The van der Waals surface area contributed by atoms with Crippen molar-refractivity contribution in [1.82, 2.24) is 4.98 Å². The molecule has 0 saturated heterocycles. The maximum Gasteiger partial charge on any atom is 0.323 e. The molecule has 1 aromatic carbocycles. The minimum atomic E-state index is -1.01. The van der Waals surface area contributed by atoms with Crippen LogP contribution in [0, 0.1) is 6.92 Å². The van der Waals surface area contributed by atoms with Crippen molar-refractivity contribution in [3.63, 3.8) is 0 Å². The smallest absolute Gasteiger partial charge is 0.323 e. The Morgan fingerprint density at radius 3 is 2.52 bits per heavy atom. The van der Waals surface area contributed by atoms with Crippen LogP contribution < -0.4 is 16.0 Å². The molecule has 0 fully saturated rings. The largest absolute Gasteiger partial charge is 0.399 e. The number of pyridine rings is 1. The molecule has 3 amide bonds. The van der Waals surface area contributed by atoms with Gasteiger partial charge in [0.25, 0.3) is 0 Å². The van der Waals surface area contributed by atoms with E-state index in [9.17, 15) is 14.4 Å². The first-order chi connectivity index (χ1) is 10.9. The molecule has 0 atom stereocenters. The van der Waals surface area contributed by atoms with Gasteiger partial charge in [-0.15, -0.1) is 0 Å². The Kier molecular flexibility index (Phi) is 4.70. The number of aromatic nitrogens is 1. The number of nitrogens with zero attached hydrogens (tertiary/aromatic N) is 2. The number of hydrogen-bond donors (Lipinski definition) is 2. The summed E-state index contributed by atoms with van der Waals surface area (Å²) in [6, 6.07) is 9.54. The fourth-order valence-corrected chi connectivity index (χ4v) is 1.98. The zero-order valence-electron chi connectivity index (χ0n) is 12.7. The average molecular weight is 312 g/mol. The van der Waals surface area contributed by atoms with E-state index in [2.05, 4.69) is 10.3 Å². The maximum absolute atomic E-state index is 12.3. The van der Waals surface area contributed by atoms with E-state index in [4.69, 9.17) is 5.73 Å². The van der Waals surface area contributed by atoms with Gasteiger partial charge in [-0.1, -0.05) is 6.07 Å². The lowest BCUT2D eigenvalue weighted by atomic mass is 10.2. The Morgan fingerprint density at radius 2 is 1.91 bits per heavy atom. The number of nitrogens with one attached hydrogen (secondary N) is 1. The summed E-state index contributed by atoms with van der Waals surface area (Å²) >= 11 is 0. The standard InChI is InChI=1S/C16H16N4O3/c1-10-6-7-18-14(8-10)19-15(22)16(23)20(11(2)21)13-5-3-4-12(17)9-13/h3-9H,17H2,1-2H3,(H,18,19,22). The molecule has 2 aromatic rings. The SMILES string of the molecule is CC(=O)N(C(=O)C(=O)Nc1cc(C)ccn1)c1cccc(N)c1. The summed E-state index contributed by atoms with van der Waals surface area (Å²) in [5.41, 5.74) is 7.14. The highest BCUT2D eigenvalue weighted by Crippen LogP contribution is 2.18. The average Bonchev–Trinajstić information content (AvgIpc) is 2.47. The van der Waals surface area contributed by atoms with E-state index in [0.29, 0.717) is 5.69 Å². The number of nitrogen functional groups attached to an aromatic ring is 1. The predicted octanol–water partition coefficient (Wildman–Crippen LogP) is 1.49. The molecule has 23 heavy (non-hydrogen) atoms. The van der Waals surface area contributed by atoms with Crippen molar-refractivity contribution in [3.8, 4) is 0 Å². The van der Waals surface area contributed by atoms with Gasteiger partial charge < -0.3 is 11.1 Å². The van der Waals surface area contributed by atoms with Crippen molar-refractivity contribution in [1.29, 1.82) is 0 Å². The van der Waals surface area contributed by atoms with Gasteiger partial charge in [-0.05, 0) is 42.8 Å². The molecule has 118 valence electrons. The highest BCUT2D eigenvalue weighted by molar-refractivity contribution is 6.48. The first kappa shape index (κ1) is 16.2. The molecule has 0 unspecified atom stereocenters. The van der Waals surface area contributed by atoms with Crippen LogP contribution in [-0.2, 0) is 14.4 Å². The summed E-state index contributed by atoms with van der Waals surface area (Å²) in [6.45, 7) is 3.02. The number of hydrogen-bond acceptors (Lipinski definition) is 5. The van der Waals surface area contributed by atoms with E-state index in [1.54, 1.807) is 24.3 Å². The van der Waals surface area contributed by atoms with Crippen LogP contribution in [-0.4, -0.2) is 22.7 Å². The molecular weight excluding hydrogens is 296 g/mol. The lowest BCUT2D eigenvalue weighted by Gasteiger charge is -2.18. The molecule has 0 spiro atoms. The van der Waals surface area contributed by atoms with E-state index < -0.39 is 17.7 Å². The second-order valence-electron chi connectivity index (χ2n) is 4.93. The number of imide groups is 1. The van der Waals surface area contributed by atoms with Gasteiger partial charge in [0.05, 0.1) is 5.69 Å². The minimum Gasteiger partial charge on any atom is -0.399 e. The molecule has 3 N–H and O–H groups in total. The Labute approximate surface area is 133 Å². The Balaban J connectivity index is 2.24. The van der Waals surface area contributed by atoms with Crippen LogP contribution in [0.4, 0.5) is 17.2 Å². The van der Waals surface area contributed by atoms with Crippen molar-refractivity contribution in [2.24, 2.45) is 0 Å². The van der Waals surface area contributed by atoms with Gasteiger partial charge in [0, 0.05) is 18.8 Å². The molecule has 0 saturated carbocycles. The summed E-state index contributed by atoms with van der Waals surface area (Å²) in [6.07, 6.45) is 1.51. The van der Waals surface area contributed by atoms with E-state index in [1.165, 1.54) is 25.3 Å². The molecule has 7 nitrogen and oxygen atoms in total. The number of anilines is 3. The van der Waals surface area contributed by atoms with Gasteiger partial charge in [-0.2, -0.15) is 0 Å². The second kappa shape index (κ2) is 6.69. The molecule has 0 aliphatic heterocycles. The van der Waals surface area contributed by atoms with E-state index in [0.717, 1.165) is 10.5 Å². The van der Waals surface area contributed by atoms with Gasteiger partial charge >= 0.3 is 11.8 Å². The summed E-state index contributed by atoms with van der Waals surface area (Å²) in [5, 5.41) is 2.38. The van der Waals surface area contributed by atoms with Crippen molar-refractivity contribution in [2.45, 2.75) is 13.8 Å². The number of benzene rings is 1. The van der Waals surface area contributed by atoms with Crippen molar-refractivity contribution < 1.29 is 14.4 Å². The van der Waals surface area contributed by atoms with Gasteiger partial charge in [0.15, 0.2) is 0 Å². The first-order valence-corrected chi connectivity index (χ1v) is 6.82. The van der Waals surface area contributed by atoms with Crippen LogP contribution in [0.25, 0.3) is 0 Å². The van der Waals surface area contributed by atoms with E-state index in [-0.39, 0.29) is 11.5 Å². The second-order valence-corrected chi connectivity index (χ2v) is 4.93. The molecule has 1 heterocycles. The third-order valence-corrected chi connectivity index (χ3v) is 3.00. The zero-order chi connectivity index (χ0) is 17.0. The molecule has 2 rings (SSSR count). The summed E-state index contributed by atoms with van der Waals surface area (Å²) in [5.74, 6) is -2.32. The number of carbonyl (C=O) groups excluding carboxylic acids is 3. The maximum atomic E-state index is 12.3. The fraction of sp³-hybridized carbons (Fsp3) is 0.125. The van der Waals surface area contributed by atoms with Gasteiger partial charge in [0.1, 0.15) is 5.82 Å². The predicted molar refractivity (Wildman–Crippen MR) is 86.6 cm³/mol. The van der Waals surface area contributed by atoms with Gasteiger partial charge in [-0.25, -0.2) is 9.88 Å². The third kappa shape index (κ3) is 3.91. The quantitative estimate of drug-likeness (QED) is 0.645. The molecule has 0 aliphatic rings. The Hall–Kier alpha value is -3.22. The van der Waals surface area contributed by atoms with Crippen LogP contribution in [0.3, 0.4) is 0 Å². The van der Waals surface area contributed by atoms with E-state index in [1.807, 2.05) is 6.92 Å². The fourth-order valence-electron chi connectivity index (χ4n) is 1.98. The van der Waals surface area contributed by atoms with Gasteiger partial charge in [0.2, 0.25) is 5.91 Å². The van der Waals surface area contributed by atoms with Crippen LogP contribution >= 0.6 is 0 Å². The number of nitrogens with two attached hydrogens (primary N) is 1. The lowest BCUT2D eigenvalue weighted by molar-refractivity contribution is -0.136. The lowest BCUT2D eigenvalue weighted by Crippen LogP contribution is -2.42. The Morgan fingerprint density at radius 1 is 1.17 bits per heavy atom. The highest BCUT2D eigenvalue weighted by Gasteiger charge is 2.27. The molecule has 0 radical (unpaired) electrons. The normalized spacial score (nSPS) is 10.0. The van der Waals surface area contributed by atoms with Crippen LogP contribution in [0.15, 0.2) is 42.6 Å². The van der Waals surface area contributed by atoms with Gasteiger partial charge in [-0.3, -0.25) is 14.4 Å². The topological polar surface area (TPSA) is 105 Å². The molecule has 7 heteroatoms. The van der Waals surface area contributed by atoms with Crippen LogP contribution in [0.2, 0.25) is 0 Å². The number of aryl methyl sites for hydroxylation is 1. The Bertz CT molecular complexity index is 773.